The maximum absolute atomic E-state index is 5.92. The number of nitrogens with two attached hydrogens (primary N) is 1. The van der Waals surface area contributed by atoms with Crippen LogP contribution in [-0.2, 0) is 6.42 Å². The van der Waals surface area contributed by atoms with E-state index in [-0.39, 0.29) is 6.04 Å². The maximum Gasteiger partial charge on any atom is 0.0362 e. The predicted octanol–water partition coefficient (Wildman–Crippen LogP) is 1.95. The molecule has 0 fully saturated rings. The van der Waals surface area contributed by atoms with Crippen LogP contribution in [0.25, 0.3) is 0 Å². The Balaban J connectivity index is 2.28. The minimum atomic E-state index is 0.267. The van der Waals surface area contributed by atoms with Gasteiger partial charge in [0, 0.05) is 18.6 Å². The van der Waals surface area contributed by atoms with E-state index >= 15 is 0 Å². The van der Waals surface area contributed by atoms with E-state index < -0.39 is 0 Å². The van der Waals surface area contributed by atoms with Crippen LogP contribution in [0.2, 0.25) is 0 Å². The van der Waals surface area contributed by atoms with Gasteiger partial charge in [-0.1, -0.05) is 24.3 Å². The van der Waals surface area contributed by atoms with Crippen molar-refractivity contribution < 1.29 is 0 Å². The summed E-state index contributed by atoms with van der Waals surface area (Å²) in [5, 5.41) is 0. The SMILES string of the molecule is CC(N)CC1c2ccccc2CCN1C. The van der Waals surface area contributed by atoms with E-state index in [2.05, 4.69) is 43.1 Å². The molecule has 0 aromatic heterocycles. The molecule has 1 aromatic rings. The Kier molecular flexibility index (Phi) is 3.08. The van der Waals surface area contributed by atoms with E-state index in [9.17, 15) is 0 Å². The Morgan fingerprint density at radius 2 is 2.20 bits per heavy atom. The summed E-state index contributed by atoms with van der Waals surface area (Å²) in [4.78, 5) is 2.42. The Morgan fingerprint density at radius 3 is 2.93 bits per heavy atom. The van der Waals surface area contributed by atoms with Gasteiger partial charge in [0.05, 0.1) is 0 Å². The smallest absolute Gasteiger partial charge is 0.0362 e. The number of likely N-dealkylation sites (N-methyl/N-ethyl adjacent to an activating group) is 1. The lowest BCUT2D eigenvalue weighted by molar-refractivity contribution is 0.212. The summed E-state index contributed by atoms with van der Waals surface area (Å²) in [6.07, 6.45) is 2.22. The van der Waals surface area contributed by atoms with E-state index in [0.717, 1.165) is 13.0 Å². The highest BCUT2D eigenvalue weighted by atomic mass is 15.1. The van der Waals surface area contributed by atoms with Crippen LogP contribution in [0, 0.1) is 0 Å². The van der Waals surface area contributed by atoms with E-state index in [1.54, 1.807) is 0 Å². The van der Waals surface area contributed by atoms with Gasteiger partial charge in [0.2, 0.25) is 0 Å². The van der Waals surface area contributed by atoms with Gasteiger partial charge in [-0.2, -0.15) is 0 Å². The lowest BCUT2D eigenvalue weighted by Gasteiger charge is -2.35. The van der Waals surface area contributed by atoms with Gasteiger partial charge < -0.3 is 5.73 Å². The molecule has 82 valence electrons. The highest BCUT2D eigenvalue weighted by molar-refractivity contribution is 5.32. The number of hydrogen-bond acceptors (Lipinski definition) is 2. The highest BCUT2D eigenvalue weighted by Gasteiger charge is 2.24. The lowest BCUT2D eigenvalue weighted by Crippen LogP contribution is -2.35. The molecule has 0 saturated carbocycles. The normalized spacial score (nSPS) is 23.5. The van der Waals surface area contributed by atoms with Crippen LogP contribution in [0.5, 0.6) is 0 Å². The fourth-order valence-electron chi connectivity index (χ4n) is 2.44. The molecule has 2 rings (SSSR count). The first-order chi connectivity index (χ1) is 7.18. The van der Waals surface area contributed by atoms with Crippen molar-refractivity contribution in [2.75, 3.05) is 13.6 Å². The van der Waals surface area contributed by atoms with Crippen molar-refractivity contribution in [2.45, 2.75) is 31.8 Å². The van der Waals surface area contributed by atoms with Crippen molar-refractivity contribution in [3.63, 3.8) is 0 Å². The summed E-state index contributed by atoms with van der Waals surface area (Å²) < 4.78 is 0. The number of rotatable bonds is 2. The predicted molar refractivity (Wildman–Crippen MR) is 63.8 cm³/mol. The quantitative estimate of drug-likeness (QED) is 0.798. The number of nitrogens with zero attached hydrogens (tertiary/aromatic N) is 1. The minimum Gasteiger partial charge on any atom is -0.328 e. The summed E-state index contributed by atoms with van der Waals surface area (Å²) in [6, 6.07) is 9.53. The zero-order valence-corrected chi connectivity index (χ0v) is 9.61. The fourth-order valence-corrected chi connectivity index (χ4v) is 2.44. The van der Waals surface area contributed by atoms with Gasteiger partial charge in [0.25, 0.3) is 0 Å². The lowest BCUT2D eigenvalue weighted by atomic mass is 9.89. The second-order valence-electron chi connectivity index (χ2n) is 4.66. The van der Waals surface area contributed by atoms with Gasteiger partial charge in [0.15, 0.2) is 0 Å². The molecule has 0 saturated heterocycles. The van der Waals surface area contributed by atoms with Gasteiger partial charge in [-0.25, -0.2) is 0 Å². The number of benzene rings is 1. The molecule has 0 bridgehead atoms. The van der Waals surface area contributed by atoms with E-state index in [4.69, 9.17) is 5.73 Å². The van der Waals surface area contributed by atoms with Crippen LogP contribution in [-0.4, -0.2) is 24.5 Å². The van der Waals surface area contributed by atoms with Crippen molar-refractivity contribution in [3.05, 3.63) is 35.4 Å². The Hall–Kier alpha value is -0.860. The number of fused-ring (bicyclic) bond motifs is 1. The zero-order valence-electron chi connectivity index (χ0n) is 9.61. The standard InChI is InChI=1S/C13H20N2/c1-10(14)9-13-12-6-4-3-5-11(12)7-8-15(13)2/h3-6,10,13H,7-9,14H2,1-2H3. The summed E-state index contributed by atoms with van der Waals surface area (Å²) >= 11 is 0. The van der Waals surface area contributed by atoms with Crippen LogP contribution < -0.4 is 5.73 Å². The third kappa shape index (κ3) is 2.21. The second kappa shape index (κ2) is 4.33. The van der Waals surface area contributed by atoms with Crippen LogP contribution in [0.15, 0.2) is 24.3 Å². The van der Waals surface area contributed by atoms with Crippen molar-refractivity contribution in [1.29, 1.82) is 0 Å². The van der Waals surface area contributed by atoms with Crippen molar-refractivity contribution in [1.82, 2.24) is 4.90 Å². The Labute approximate surface area is 92.1 Å². The number of hydrogen-bond donors (Lipinski definition) is 1. The van der Waals surface area contributed by atoms with Crippen LogP contribution in [0.1, 0.15) is 30.5 Å². The van der Waals surface area contributed by atoms with Gasteiger partial charge in [0.1, 0.15) is 0 Å². The molecule has 15 heavy (non-hydrogen) atoms. The van der Waals surface area contributed by atoms with E-state index in [1.807, 2.05) is 0 Å². The molecule has 0 amide bonds. The third-order valence-electron chi connectivity index (χ3n) is 3.28. The van der Waals surface area contributed by atoms with Gasteiger partial charge in [-0.15, -0.1) is 0 Å². The van der Waals surface area contributed by atoms with Crippen LogP contribution >= 0.6 is 0 Å². The molecular formula is C13H20N2. The van der Waals surface area contributed by atoms with E-state index in [0.29, 0.717) is 6.04 Å². The molecule has 1 aliphatic heterocycles. The largest absolute Gasteiger partial charge is 0.328 e. The van der Waals surface area contributed by atoms with Crippen LogP contribution in [0.3, 0.4) is 0 Å². The molecule has 2 unspecified atom stereocenters. The summed E-state index contributed by atoms with van der Waals surface area (Å²) in [5.74, 6) is 0. The van der Waals surface area contributed by atoms with Crippen LogP contribution in [0.4, 0.5) is 0 Å². The summed E-state index contributed by atoms with van der Waals surface area (Å²) in [6.45, 7) is 3.24. The summed E-state index contributed by atoms with van der Waals surface area (Å²) in [5.41, 5.74) is 8.89. The monoisotopic (exact) mass is 204 g/mol. The molecule has 1 aliphatic rings. The Morgan fingerprint density at radius 1 is 1.47 bits per heavy atom. The molecule has 0 aliphatic carbocycles. The molecule has 0 radical (unpaired) electrons. The topological polar surface area (TPSA) is 29.3 Å². The van der Waals surface area contributed by atoms with Crippen molar-refractivity contribution >= 4 is 0 Å². The molecule has 2 atom stereocenters. The maximum atomic E-state index is 5.92. The molecule has 2 N–H and O–H groups in total. The fraction of sp³-hybridized carbons (Fsp3) is 0.538. The van der Waals surface area contributed by atoms with Gasteiger partial charge in [-0.3, -0.25) is 4.90 Å². The summed E-state index contributed by atoms with van der Waals surface area (Å²) in [7, 11) is 2.20. The van der Waals surface area contributed by atoms with Crippen molar-refractivity contribution in [3.8, 4) is 0 Å². The molecule has 0 spiro atoms. The molecule has 1 aromatic carbocycles. The first-order valence-electron chi connectivity index (χ1n) is 5.72. The third-order valence-corrected chi connectivity index (χ3v) is 3.28. The van der Waals surface area contributed by atoms with Gasteiger partial charge in [-0.05, 0) is 37.9 Å². The molecular weight excluding hydrogens is 184 g/mol. The first-order valence-corrected chi connectivity index (χ1v) is 5.72. The van der Waals surface area contributed by atoms with E-state index in [1.165, 1.54) is 17.5 Å². The molecule has 1 heterocycles. The molecule has 2 heteroatoms. The van der Waals surface area contributed by atoms with Crippen molar-refractivity contribution in [2.24, 2.45) is 5.73 Å². The zero-order chi connectivity index (χ0) is 10.8. The second-order valence-corrected chi connectivity index (χ2v) is 4.66. The highest BCUT2D eigenvalue weighted by Crippen LogP contribution is 2.31. The first kappa shape index (κ1) is 10.7. The molecule has 2 nitrogen and oxygen atoms in total. The average molecular weight is 204 g/mol. The Bertz CT molecular complexity index is 333. The minimum absolute atomic E-state index is 0.267. The van der Waals surface area contributed by atoms with Gasteiger partial charge >= 0.3 is 0 Å². The average Bonchev–Trinajstić information content (AvgIpc) is 2.22.